The largest absolute Gasteiger partial charge is 0.356 e. The molecule has 156 valence electrons. The van der Waals surface area contributed by atoms with Gasteiger partial charge in [-0.15, -0.1) is 0 Å². The lowest BCUT2D eigenvalue weighted by Crippen LogP contribution is -2.32. The van der Waals surface area contributed by atoms with Crippen LogP contribution in [0.15, 0.2) is 24.3 Å². The molecule has 2 aromatic heterocycles. The maximum Gasteiger partial charge on any atom is 0.157 e. The third kappa shape index (κ3) is 3.06. The third-order valence-corrected chi connectivity index (χ3v) is 6.93. The number of pyridine rings is 1. The van der Waals surface area contributed by atoms with Crippen LogP contribution in [0.2, 0.25) is 0 Å². The number of fused-ring (bicyclic) bond motifs is 3. The van der Waals surface area contributed by atoms with E-state index >= 15 is 0 Å². The summed E-state index contributed by atoms with van der Waals surface area (Å²) in [7, 11) is 4.37. The summed E-state index contributed by atoms with van der Waals surface area (Å²) in [5.74, 6) is 1.83. The molecule has 1 saturated heterocycles. The van der Waals surface area contributed by atoms with Gasteiger partial charge in [-0.3, -0.25) is 4.40 Å². The van der Waals surface area contributed by atoms with Gasteiger partial charge in [0.15, 0.2) is 5.65 Å². The fourth-order valence-electron chi connectivity index (χ4n) is 5.16. The summed E-state index contributed by atoms with van der Waals surface area (Å²) in [5, 5.41) is 10.2. The van der Waals surface area contributed by atoms with Crippen LogP contribution >= 0.6 is 0 Å². The molecule has 0 unspecified atom stereocenters. The molecule has 0 radical (unpaired) electrons. The molecule has 3 aromatic rings. The Kier molecular flexibility index (Phi) is 4.91. The van der Waals surface area contributed by atoms with Gasteiger partial charge in [0.2, 0.25) is 0 Å². The number of anilines is 1. The third-order valence-electron chi connectivity index (χ3n) is 6.93. The van der Waals surface area contributed by atoms with Crippen LogP contribution in [0.3, 0.4) is 0 Å². The van der Waals surface area contributed by atoms with E-state index < -0.39 is 0 Å². The highest BCUT2D eigenvalue weighted by Crippen LogP contribution is 2.48. The van der Waals surface area contributed by atoms with Gasteiger partial charge in [-0.2, -0.15) is 5.26 Å². The van der Waals surface area contributed by atoms with Crippen LogP contribution in [0.4, 0.5) is 5.82 Å². The van der Waals surface area contributed by atoms with Crippen LogP contribution in [-0.4, -0.2) is 47.5 Å². The molecule has 2 aliphatic rings. The molecule has 1 aliphatic heterocycles. The number of rotatable bonds is 6. The molecule has 0 bridgehead atoms. The van der Waals surface area contributed by atoms with Gasteiger partial charge in [0.1, 0.15) is 11.9 Å². The van der Waals surface area contributed by atoms with Gasteiger partial charge in [0.25, 0.3) is 0 Å². The topological polar surface area (TPSA) is 47.6 Å². The van der Waals surface area contributed by atoms with Crippen molar-refractivity contribution in [2.75, 3.05) is 32.1 Å². The van der Waals surface area contributed by atoms with Crippen molar-refractivity contribution in [2.45, 2.75) is 57.4 Å². The first-order chi connectivity index (χ1) is 14.6. The van der Waals surface area contributed by atoms with Gasteiger partial charge >= 0.3 is 0 Å². The van der Waals surface area contributed by atoms with Gasteiger partial charge in [-0.05, 0) is 75.4 Å². The van der Waals surface area contributed by atoms with Gasteiger partial charge in [0.05, 0.1) is 16.6 Å². The maximum absolute atomic E-state index is 10.2. The monoisotopic (exact) mass is 401 g/mol. The number of benzene rings is 1. The smallest absolute Gasteiger partial charge is 0.157 e. The number of nitrogens with zero attached hydrogens (tertiary/aromatic N) is 5. The molecule has 5 heteroatoms. The standard InChI is InChI=1S/C25H31N5/c1-4-5-8-19-23(17-11-12-17)20(15-26)24-27-21-9-6-7-10-22(21)30(24)25(19)29-14-13-18(16-29)28(2)3/h6-7,9-10,17-18H,4-5,8,11-14,16H2,1-3H3/t18-/m0/s1. The molecule has 0 N–H and O–H groups in total. The Hall–Kier alpha value is -2.58. The van der Waals surface area contributed by atoms with Crippen LogP contribution in [0.25, 0.3) is 16.7 Å². The minimum Gasteiger partial charge on any atom is -0.356 e. The van der Waals surface area contributed by atoms with E-state index in [1.54, 1.807) is 0 Å². The summed E-state index contributed by atoms with van der Waals surface area (Å²) in [6.07, 6.45) is 6.92. The van der Waals surface area contributed by atoms with E-state index in [1.807, 2.05) is 6.07 Å². The van der Waals surface area contributed by atoms with Crippen molar-refractivity contribution in [3.05, 3.63) is 41.0 Å². The van der Waals surface area contributed by atoms with Gasteiger partial charge in [-0.25, -0.2) is 4.98 Å². The van der Waals surface area contributed by atoms with Crippen LogP contribution in [0, 0.1) is 11.3 Å². The fraction of sp³-hybridized carbons (Fsp3) is 0.520. The average molecular weight is 402 g/mol. The summed E-state index contributed by atoms with van der Waals surface area (Å²) in [4.78, 5) is 9.89. The van der Waals surface area contributed by atoms with Crippen molar-refractivity contribution in [1.29, 1.82) is 5.26 Å². The molecule has 1 saturated carbocycles. The van der Waals surface area contributed by atoms with Gasteiger partial charge in [0, 0.05) is 19.1 Å². The molecule has 0 amide bonds. The van der Waals surface area contributed by atoms with Crippen molar-refractivity contribution in [3.63, 3.8) is 0 Å². The predicted molar refractivity (Wildman–Crippen MR) is 122 cm³/mol. The molecular weight excluding hydrogens is 370 g/mol. The molecular formula is C25H31N5. The van der Waals surface area contributed by atoms with E-state index in [0.29, 0.717) is 12.0 Å². The number of aromatic nitrogens is 2. The lowest BCUT2D eigenvalue weighted by atomic mass is 9.94. The van der Waals surface area contributed by atoms with E-state index in [4.69, 9.17) is 4.98 Å². The predicted octanol–water partition coefficient (Wildman–Crippen LogP) is 4.72. The Balaban J connectivity index is 1.83. The number of imidazole rings is 1. The lowest BCUT2D eigenvalue weighted by Gasteiger charge is -2.28. The van der Waals surface area contributed by atoms with Crippen LogP contribution in [-0.2, 0) is 6.42 Å². The van der Waals surface area contributed by atoms with Gasteiger partial charge in [-0.1, -0.05) is 25.5 Å². The SMILES string of the molecule is CCCCc1c(C2CC2)c(C#N)c2nc3ccccc3n2c1N1CC[C@H](N(C)C)C1. The lowest BCUT2D eigenvalue weighted by molar-refractivity contribution is 0.315. The molecule has 5 nitrogen and oxygen atoms in total. The first kappa shape index (κ1) is 19.4. The Bertz CT molecular complexity index is 1130. The van der Waals surface area contributed by atoms with Crippen LogP contribution < -0.4 is 4.90 Å². The molecule has 1 aliphatic carbocycles. The Morgan fingerprint density at radius 1 is 1.20 bits per heavy atom. The van der Waals surface area contributed by atoms with Crippen molar-refractivity contribution < 1.29 is 0 Å². The van der Waals surface area contributed by atoms with Crippen molar-refractivity contribution >= 4 is 22.5 Å². The Morgan fingerprint density at radius 2 is 2.00 bits per heavy atom. The summed E-state index contributed by atoms with van der Waals surface area (Å²) < 4.78 is 2.31. The van der Waals surface area contributed by atoms with Crippen LogP contribution in [0.5, 0.6) is 0 Å². The van der Waals surface area contributed by atoms with E-state index in [9.17, 15) is 5.26 Å². The zero-order chi connectivity index (χ0) is 20.8. The summed E-state index contributed by atoms with van der Waals surface area (Å²) in [6.45, 7) is 4.34. The fourth-order valence-corrected chi connectivity index (χ4v) is 5.16. The molecule has 30 heavy (non-hydrogen) atoms. The number of likely N-dealkylation sites (N-methyl/N-ethyl adjacent to an activating group) is 1. The minimum atomic E-state index is 0.530. The second-order valence-electron chi connectivity index (χ2n) is 9.19. The summed E-state index contributed by atoms with van der Waals surface area (Å²) in [6, 6.07) is 11.5. The average Bonchev–Trinajstić information content (AvgIpc) is 3.33. The Morgan fingerprint density at radius 3 is 2.67 bits per heavy atom. The molecule has 0 spiro atoms. The number of para-hydroxylation sites is 2. The molecule has 3 heterocycles. The molecule has 5 rings (SSSR count). The van der Waals surface area contributed by atoms with Crippen molar-refractivity contribution in [1.82, 2.24) is 14.3 Å². The minimum absolute atomic E-state index is 0.530. The normalized spacial score (nSPS) is 19.3. The van der Waals surface area contributed by atoms with Crippen LogP contribution in [0.1, 0.15) is 61.6 Å². The first-order valence-corrected chi connectivity index (χ1v) is 11.4. The number of hydrogen-bond acceptors (Lipinski definition) is 4. The second kappa shape index (κ2) is 7.59. The quantitative estimate of drug-likeness (QED) is 0.600. The first-order valence-electron chi connectivity index (χ1n) is 11.4. The van der Waals surface area contributed by atoms with Gasteiger partial charge < -0.3 is 9.80 Å². The Labute approximate surface area is 178 Å². The number of nitriles is 1. The summed E-state index contributed by atoms with van der Waals surface area (Å²) >= 11 is 0. The molecule has 1 atom stereocenters. The van der Waals surface area contributed by atoms with E-state index in [1.165, 1.54) is 36.2 Å². The van der Waals surface area contributed by atoms with Crippen molar-refractivity contribution in [3.8, 4) is 6.07 Å². The molecule has 2 fully saturated rings. The molecule has 1 aromatic carbocycles. The van der Waals surface area contributed by atoms with E-state index in [-0.39, 0.29) is 0 Å². The second-order valence-corrected chi connectivity index (χ2v) is 9.19. The summed E-state index contributed by atoms with van der Waals surface area (Å²) in [5.41, 5.74) is 6.47. The zero-order valence-electron chi connectivity index (χ0n) is 18.4. The number of hydrogen-bond donors (Lipinski definition) is 0. The maximum atomic E-state index is 10.2. The zero-order valence-corrected chi connectivity index (χ0v) is 18.4. The number of unbranched alkanes of at least 4 members (excludes halogenated alkanes) is 1. The van der Waals surface area contributed by atoms with E-state index in [2.05, 4.69) is 59.5 Å². The highest BCUT2D eigenvalue weighted by Gasteiger charge is 2.36. The highest BCUT2D eigenvalue weighted by molar-refractivity contribution is 5.86. The van der Waals surface area contributed by atoms with Crippen molar-refractivity contribution in [2.24, 2.45) is 0 Å². The van der Waals surface area contributed by atoms with E-state index in [0.717, 1.165) is 54.6 Å². The highest BCUT2D eigenvalue weighted by atomic mass is 15.3.